The summed E-state index contributed by atoms with van der Waals surface area (Å²) in [6, 6.07) is -0.823. The Morgan fingerprint density at radius 2 is 1.10 bits per heavy atom. The number of hydrogen-bond acceptors (Lipinski definition) is 13. The van der Waals surface area contributed by atoms with Crippen molar-refractivity contribution in [3.05, 3.63) is 24.3 Å². The first-order valence-electron chi connectivity index (χ1n) is 23.6. The van der Waals surface area contributed by atoms with Crippen molar-refractivity contribution >= 4 is 5.91 Å². The minimum Gasteiger partial charge on any atom is -0.394 e. The van der Waals surface area contributed by atoms with E-state index in [4.69, 9.17) is 18.9 Å². The lowest BCUT2D eigenvalue weighted by molar-refractivity contribution is -0.359. The van der Waals surface area contributed by atoms with Crippen LogP contribution in [0.4, 0.5) is 0 Å². The van der Waals surface area contributed by atoms with Gasteiger partial charge >= 0.3 is 0 Å². The predicted molar refractivity (Wildman–Crippen MR) is 231 cm³/mol. The van der Waals surface area contributed by atoms with E-state index in [9.17, 15) is 45.6 Å². The molecule has 14 nitrogen and oxygen atoms in total. The van der Waals surface area contributed by atoms with Crippen molar-refractivity contribution in [2.45, 2.75) is 242 Å². The zero-order chi connectivity index (χ0) is 44.0. The lowest BCUT2D eigenvalue weighted by Gasteiger charge is -2.46. The average Bonchev–Trinajstić information content (AvgIpc) is 3.24. The van der Waals surface area contributed by atoms with Crippen molar-refractivity contribution in [2.75, 3.05) is 19.8 Å². The molecule has 0 aromatic rings. The fourth-order valence-electron chi connectivity index (χ4n) is 7.74. The number of aliphatic hydroxyl groups is 8. The van der Waals surface area contributed by atoms with Gasteiger partial charge in [-0.15, -0.1) is 0 Å². The van der Waals surface area contributed by atoms with Crippen molar-refractivity contribution in [1.82, 2.24) is 5.32 Å². The van der Waals surface area contributed by atoms with Gasteiger partial charge in [0.05, 0.1) is 32.0 Å². The third-order valence-corrected chi connectivity index (χ3v) is 11.7. The molecule has 0 radical (unpaired) electrons. The Kier molecular flexibility index (Phi) is 30.9. The smallest absolute Gasteiger partial charge is 0.220 e. The molecule has 0 aromatic carbocycles. The number of ether oxygens (including phenoxy) is 4. The Morgan fingerprint density at radius 3 is 1.67 bits per heavy atom. The van der Waals surface area contributed by atoms with Gasteiger partial charge in [0.25, 0.3) is 0 Å². The van der Waals surface area contributed by atoms with Crippen LogP contribution in [0.15, 0.2) is 24.3 Å². The summed E-state index contributed by atoms with van der Waals surface area (Å²) < 4.78 is 22.5. The third-order valence-electron chi connectivity index (χ3n) is 11.7. The molecule has 60 heavy (non-hydrogen) atoms. The molecule has 2 saturated heterocycles. The summed E-state index contributed by atoms with van der Waals surface area (Å²) in [6.45, 7) is 2.65. The Balaban J connectivity index is 1.65. The van der Waals surface area contributed by atoms with E-state index >= 15 is 0 Å². The van der Waals surface area contributed by atoms with Gasteiger partial charge in [0, 0.05) is 6.42 Å². The summed E-state index contributed by atoms with van der Waals surface area (Å²) in [6.07, 6.45) is 18.7. The Hall–Kier alpha value is -1.53. The van der Waals surface area contributed by atoms with E-state index in [1.807, 2.05) is 6.92 Å². The summed E-state index contributed by atoms with van der Waals surface area (Å²) in [5.74, 6) is -0.222. The Bertz CT molecular complexity index is 1110. The first kappa shape index (κ1) is 54.6. The fourth-order valence-corrected chi connectivity index (χ4v) is 7.74. The standard InChI is InChI=1S/C46H85NO13/c1-3-5-7-8-9-10-11-12-13-14-15-16-17-18-19-20-21-22-23-24-25-26-28-30-38(51)47-34(35(50)29-27-6-4-2)33-57-45-43(56)41(54)44(37(32-49)59-45)60-46-42(55)40(53)39(52)36(31-48)58-46/h11-12,14-15,34-37,39-46,48-50,52-56H,3-10,13,16-33H2,1-2H3,(H,47,51)/b12-11-,15-14-. The van der Waals surface area contributed by atoms with E-state index in [-0.39, 0.29) is 12.5 Å². The molecule has 9 N–H and O–H groups in total. The zero-order valence-corrected chi connectivity index (χ0v) is 36.9. The highest BCUT2D eigenvalue weighted by Crippen LogP contribution is 2.30. The summed E-state index contributed by atoms with van der Waals surface area (Å²) in [5.41, 5.74) is 0. The third kappa shape index (κ3) is 21.7. The molecule has 0 aromatic heterocycles. The van der Waals surface area contributed by atoms with Crippen molar-refractivity contribution in [3.8, 4) is 0 Å². The molecule has 2 aliphatic rings. The van der Waals surface area contributed by atoms with Gasteiger partial charge in [0.2, 0.25) is 5.91 Å². The molecule has 12 atom stereocenters. The first-order chi connectivity index (χ1) is 29.1. The second-order valence-corrected chi connectivity index (χ2v) is 16.9. The number of aliphatic hydroxyl groups excluding tert-OH is 8. The molecule has 0 bridgehead atoms. The molecular weight excluding hydrogens is 775 g/mol. The van der Waals surface area contributed by atoms with Crippen molar-refractivity contribution in [2.24, 2.45) is 0 Å². The molecule has 0 saturated carbocycles. The van der Waals surface area contributed by atoms with Crippen LogP contribution in [0, 0.1) is 0 Å². The minimum atomic E-state index is -1.78. The number of rotatable bonds is 35. The van der Waals surface area contributed by atoms with Gasteiger partial charge in [-0.25, -0.2) is 0 Å². The van der Waals surface area contributed by atoms with Gasteiger partial charge in [-0.05, 0) is 44.9 Å². The quantitative estimate of drug-likeness (QED) is 0.0303. The molecule has 1 amide bonds. The highest BCUT2D eigenvalue weighted by Gasteiger charge is 2.51. The Morgan fingerprint density at radius 1 is 0.600 bits per heavy atom. The van der Waals surface area contributed by atoms with Gasteiger partial charge in [-0.1, -0.05) is 141 Å². The van der Waals surface area contributed by atoms with Crippen molar-refractivity contribution in [3.63, 3.8) is 0 Å². The minimum absolute atomic E-state index is 0.222. The Labute approximate surface area is 360 Å². The molecule has 2 fully saturated rings. The normalized spacial score (nSPS) is 28.4. The van der Waals surface area contributed by atoms with E-state index < -0.39 is 86.8 Å². The van der Waals surface area contributed by atoms with E-state index in [0.29, 0.717) is 12.8 Å². The molecule has 0 aliphatic carbocycles. The summed E-state index contributed by atoms with van der Waals surface area (Å²) in [5, 5.41) is 85.9. The SMILES string of the molecule is CCCCCCC/C=C\C/C=C\CCCCCCCCCCCCCC(=O)NC(COC1OC(CO)C(OC2OC(CO)C(O)C(O)C2O)C(O)C1O)C(O)CCCCC. The number of carbonyl (C=O) groups excluding carboxylic acids is 1. The van der Waals surface area contributed by atoms with Gasteiger partial charge in [-0.3, -0.25) is 4.79 Å². The lowest BCUT2D eigenvalue weighted by Crippen LogP contribution is -2.65. The second-order valence-electron chi connectivity index (χ2n) is 16.9. The van der Waals surface area contributed by atoms with E-state index in [2.05, 4.69) is 36.5 Å². The van der Waals surface area contributed by atoms with Gasteiger partial charge < -0.3 is 65.1 Å². The van der Waals surface area contributed by atoms with Crippen molar-refractivity contribution < 1.29 is 64.6 Å². The van der Waals surface area contributed by atoms with Crippen LogP contribution in [-0.2, 0) is 23.7 Å². The highest BCUT2D eigenvalue weighted by atomic mass is 16.7. The van der Waals surface area contributed by atoms with Gasteiger partial charge in [0.1, 0.15) is 48.8 Å². The average molecular weight is 860 g/mol. The van der Waals surface area contributed by atoms with Gasteiger partial charge in [-0.2, -0.15) is 0 Å². The predicted octanol–water partition coefficient (Wildman–Crippen LogP) is 4.99. The summed E-state index contributed by atoms with van der Waals surface area (Å²) in [4.78, 5) is 13.0. The molecule has 2 heterocycles. The molecule has 2 aliphatic heterocycles. The molecular formula is C46H85NO13. The lowest BCUT2D eigenvalue weighted by atomic mass is 9.97. The van der Waals surface area contributed by atoms with E-state index in [0.717, 1.165) is 51.4 Å². The second kappa shape index (κ2) is 34.0. The highest BCUT2D eigenvalue weighted by molar-refractivity contribution is 5.76. The summed E-state index contributed by atoms with van der Waals surface area (Å²) >= 11 is 0. The molecule has 0 spiro atoms. The van der Waals surface area contributed by atoms with E-state index in [1.165, 1.54) is 89.9 Å². The molecule has 14 heteroatoms. The molecule has 352 valence electrons. The maximum absolute atomic E-state index is 13.0. The zero-order valence-electron chi connectivity index (χ0n) is 36.9. The number of hydrogen-bond donors (Lipinski definition) is 9. The largest absolute Gasteiger partial charge is 0.394 e. The van der Waals surface area contributed by atoms with Crippen LogP contribution in [0.2, 0.25) is 0 Å². The van der Waals surface area contributed by atoms with Crippen LogP contribution in [0.1, 0.15) is 168 Å². The van der Waals surface area contributed by atoms with Gasteiger partial charge in [0.15, 0.2) is 12.6 Å². The molecule has 2 rings (SSSR count). The van der Waals surface area contributed by atoms with Crippen LogP contribution in [-0.4, -0.2) is 140 Å². The number of nitrogens with one attached hydrogen (secondary N) is 1. The fraction of sp³-hybridized carbons (Fsp3) is 0.891. The van der Waals surface area contributed by atoms with Crippen LogP contribution < -0.4 is 5.32 Å². The number of unbranched alkanes of at least 4 members (excludes halogenated alkanes) is 18. The van der Waals surface area contributed by atoms with Crippen LogP contribution in [0.5, 0.6) is 0 Å². The maximum Gasteiger partial charge on any atom is 0.220 e. The number of amides is 1. The topological polar surface area (TPSA) is 228 Å². The van der Waals surface area contributed by atoms with Crippen LogP contribution in [0.25, 0.3) is 0 Å². The first-order valence-corrected chi connectivity index (χ1v) is 23.6. The molecule has 12 unspecified atom stereocenters. The van der Waals surface area contributed by atoms with Crippen molar-refractivity contribution in [1.29, 1.82) is 0 Å². The number of carbonyl (C=O) groups is 1. The van der Waals surface area contributed by atoms with Crippen LogP contribution in [0.3, 0.4) is 0 Å². The number of allylic oxidation sites excluding steroid dienone is 4. The van der Waals surface area contributed by atoms with E-state index in [1.54, 1.807) is 0 Å². The monoisotopic (exact) mass is 860 g/mol. The van der Waals surface area contributed by atoms with Crippen LogP contribution >= 0.6 is 0 Å². The maximum atomic E-state index is 13.0. The summed E-state index contributed by atoms with van der Waals surface area (Å²) in [7, 11) is 0.